The molecule has 0 radical (unpaired) electrons. The Morgan fingerprint density at radius 2 is 2.07 bits per heavy atom. The van der Waals surface area contributed by atoms with Gasteiger partial charge in [-0.25, -0.2) is 0 Å². The first-order chi connectivity index (χ1) is 14.1. The first-order valence-corrected chi connectivity index (χ1v) is 11.6. The SMILES string of the molecule is CCN(CC)Cc1cc(OCC/C=C\NC(=O)CSc2cccc(OC)c2)cs1. The van der Waals surface area contributed by atoms with Crippen LogP contribution in [0, 0.1) is 0 Å². The fourth-order valence-corrected chi connectivity index (χ4v) is 4.15. The summed E-state index contributed by atoms with van der Waals surface area (Å²) in [5.41, 5.74) is 0. The van der Waals surface area contributed by atoms with E-state index in [1.54, 1.807) is 24.6 Å². The fourth-order valence-electron chi connectivity index (χ4n) is 2.55. The minimum atomic E-state index is -0.0335. The fraction of sp³-hybridized carbons (Fsp3) is 0.409. The second-order valence-corrected chi connectivity index (χ2v) is 8.33. The highest BCUT2D eigenvalue weighted by molar-refractivity contribution is 8.00. The maximum Gasteiger partial charge on any atom is 0.234 e. The van der Waals surface area contributed by atoms with Crippen molar-refractivity contribution < 1.29 is 14.3 Å². The number of carbonyl (C=O) groups excluding carboxylic acids is 1. The Bertz CT molecular complexity index is 773. The van der Waals surface area contributed by atoms with Crippen molar-refractivity contribution in [1.29, 1.82) is 0 Å². The van der Waals surface area contributed by atoms with Gasteiger partial charge in [-0.1, -0.05) is 26.0 Å². The molecule has 0 aliphatic carbocycles. The van der Waals surface area contributed by atoms with Crippen molar-refractivity contribution in [3.8, 4) is 11.5 Å². The molecule has 1 heterocycles. The van der Waals surface area contributed by atoms with E-state index in [1.807, 2.05) is 30.3 Å². The number of nitrogens with zero attached hydrogens (tertiary/aromatic N) is 1. The molecule has 7 heteroatoms. The molecule has 29 heavy (non-hydrogen) atoms. The molecule has 2 aromatic rings. The van der Waals surface area contributed by atoms with E-state index in [4.69, 9.17) is 9.47 Å². The number of thiophene rings is 1. The number of thioether (sulfide) groups is 1. The summed E-state index contributed by atoms with van der Waals surface area (Å²) in [6.07, 6.45) is 4.35. The molecule has 1 aromatic heterocycles. The summed E-state index contributed by atoms with van der Waals surface area (Å²) in [4.78, 5) is 16.6. The lowest BCUT2D eigenvalue weighted by molar-refractivity contribution is -0.117. The van der Waals surface area contributed by atoms with Crippen molar-refractivity contribution >= 4 is 29.0 Å². The van der Waals surface area contributed by atoms with E-state index in [9.17, 15) is 4.79 Å². The van der Waals surface area contributed by atoms with E-state index in [1.165, 1.54) is 16.6 Å². The summed E-state index contributed by atoms with van der Waals surface area (Å²) in [6.45, 7) is 8.03. The van der Waals surface area contributed by atoms with Crippen LogP contribution < -0.4 is 14.8 Å². The summed E-state index contributed by atoms with van der Waals surface area (Å²) in [5, 5.41) is 4.84. The molecule has 0 fully saturated rings. The maximum absolute atomic E-state index is 11.9. The van der Waals surface area contributed by atoms with E-state index in [2.05, 4.69) is 35.5 Å². The molecule has 5 nitrogen and oxygen atoms in total. The standard InChI is InChI=1S/C22H30N2O3S2/c1-4-24(5-2)15-21-14-19(16-28-21)27-12-7-6-11-23-22(25)17-29-20-10-8-9-18(13-20)26-3/h6,8-11,13-14,16H,4-5,7,12,15,17H2,1-3H3,(H,23,25)/b11-6-. The molecular formula is C22H30N2O3S2. The van der Waals surface area contributed by atoms with Crippen LogP contribution in [0.5, 0.6) is 11.5 Å². The van der Waals surface area contributed by atoms with Crippen LogP contribution >= 0.6 is 23.1 Å². The first kappa shape index (κ1) is 23.3. The number of ether oxygens (including phenoxy) is 2. The number of benzene rings is 1. The molecule has 2 rings (SSSR count). The van der Waals surface area contributed by atoms with Crippen LogP contribution in [0.2, 0.25) is 0 Å². The lowest BCUT2D eigenvalue weighted by Crippen LogP contribution is -2.21. The zero-order valence-corrected chi connectivity index (χ0v) is 19.0. The maximum atomic E-state index is 11.9. The Kier molecular flexibility index (Phi) is 10.7. The third kappa shape index (κ3) is 8.94. The number of methoxy groups -OCH3 is 1. The predicted molar refractivity (Wildman–Crippen MR) is 122 cm³/mol. The van der Waals surface area contributed by atoms with Crippen LogP contribution in [0.3, 0.4) is 0 Å². The monoisotopic (exact) mass is 434 g/mol. The highest BCUT2D eigenvalue weighted by Gasteiger charge is 2.05. The molecule has 0 bridgehead atoms. The number of hydrogen-bond acceptors (Lipinski definition) is 6. The number of amides is 1. The largest absolute Gasteiger partial charge is 0.497 e. The van der Waals surface area contributed by atoms with Gasteiger partial charge in [-0.05, 0) is 43.6 Å². The summed E-state index contributed by atoms with van der Waals surface area (Å²) >= 11 is 3.22. The number of hydrogen-bond donors (Lipinski definition) is 1. The lowest BCUT2D eigenvalue weighted by Gasteiger charge is -2.16. The van der Waals surface area contributed by atoms with E-state index in [0.29, 0.717) is 12.4 Å². The van der Waals surface area contributed by atoms with Crippen molar-refractivity contribution in [1.82, 2.24) is 10.2 Å². The van der Waals surface area contributed by atoms with Crippen molar-refractivity contribution in [3.05, 3.63) is 52.9 Å². The molecule has 0 aliphatic rings. The second kappa shape index (κ2) is 13.3. The molecule has 0 aliphatic heterocycles. The number of nitrogens with one attached hydrogen (secondary N) is 1. The molecule has 0 saturated carbocycles. The van der Waals surface area contributed by atoms with Crippen LogP contribution in [0.15, 0.2) is 52.9 Å². The van der Waals surface area contributed by atoms with Crippen LogP contribution in [-0.4, -0.2) is 43.4 Å². The molecule has 1 amide bonds. The van der Waals surface area contributed by atoms with Gasteiger partial charge < -0.3 is 14.8 Å². The summed E-state index contributed by atoms with van der Waals surface area (Å²) in [6, 6.07) is 9.80. The van der Waals surface area contributed by atoms with Gasteiger partial charge in [-0.3, -0.25) is 9.69 Å². The number of carbonyl (C=O) groups is 1. The van der Waals surface area contributed by atoms with Gasteiger partial charge in [0.25, 0.3) is 0 Å². The Balaban J connectivity index is 1.60. The molecule has 158 valence electrons. The third-order valence-corrected chi connectivity index (χ3v) is 6.12. The van der Waals surface area contributed by atoms with Crippen molar-refractivity contribution in [2.45, 2.75) is 31.7 Å². The minimum Gasteiger partial charge on any atom is -0.497 e. The molecule has 0 unspecified atom stereocenters. The second-order valence-electron chi connectivity index (χ2n) is 6.28. The summed E-state index contributed by atoms with van der Waals surface area (Å²) in [5.74, 6) is 2.04. The van der Waals surface area contributed by atoms with Gasteiger partial charge in [0, 0.05) is 28.1 Å². The van der Waals surface area contributed by atoms with Crippen LogP contribution in [-0.2, 0) is 11.3 Å². The zero-order valence-electron chi connectivity index (χ0n) is 17.3. The number of rotatable bonds is 13. The van der Waals surface area contributed by atoms with Crippen molar-refractivity contribution in [2.75, 3.05) is 32.6 Å². The Hall–Kier alpha value is -1.96. The Labute approximate surface area is 182 Å². The Morgan fingerprint density at radius 3 is 2.83 bits per heavy atom. The van der Waals surface area contributed by atoms with Gasteiger partial charge in [0.15, 0.2) is 0 Å². The molecule has 0 atom stereocenters. The van der Waals surface area contributed by atoms with Gasteiger partial charge in [0.05, 0.1) is 19.5 Å². The predicted octanol–water partition coefficient (Wildman–Crippen LogP) is 4.79. The van der Waals surface area contributed by atoms with Gasteiger partial charge in [0.1, 0.15) is 11.5 Å². The summed E-state index contributed by atoms with van der Waals surface area (Å²) < 4.78 is 11.0. The molecular weight excluding hydrogens is 404 g/mol. The highest BCUT2D eigenvalue weighted by atomic mass is 32.2. The van der Waals surface area contributed by atoms with Crippen LogP contribution in [0.25, 0.3) is 0 Å². The average molecular weight is 435 g/mol. The van der Waals surface area contributed by atoms with Gasteiger partial charge in [-0.2, -0.15) is 0 Å². The Morgan fingerprint density at radius 1 is 1.24 bits per heavy atom. The first-order valence-electron chi connectivity index (χ1n) is 9.78. The smallest absolute Gasteiger partial charge is 0.234 e. The molecule has 1 N–H and O–H groups in total. The normalized spacial score (nSPS) is 11.2. The quantitative estimate of drug-likeness (QED) is 0.363. The average Bonchev–Trinajstić information content (AvgIpc) is 3.20. The van der Waals surface area contributed by atoms with E-state index in [-0.39, 0.29) is 5.91 Å². The van der Waals surface area contributed by atoms with E-state index >= 15 is 0 Å². The molecule has 1 aromatic carbocycles. The van der Waals surface area contributed by atoms with Crippen molar-refractivity contribution in [2.24, 2.45) is 0 Å². The third-order valence-electron chi connectivity index (χ3n) is 4.23. The van der Waals surface area contributed by atoms with Crippen LogP contribution in [0.1, 0.15) is 25.1 Å². The van der Waals surface area contributed by atoms with Crippen LogP contribution in [0.4, 0.5) is 0 Å². The molecule has 0 spiro atoms. The van der Waals surface area contributed by atoms with E-state index in [0.717, 1.165) is 42.4 Å². The highest BCUT2D eigenvalue weighted by Crippen LogP contribution is 2.23. The minimum absolute atomic E-state index is 0.0335. The van der Waals surface area contributed by atoms with Crippen molar-refractivity contribution in [3.63, 3.8) is 0 Å². The van der Waals surface area contributed by atoms with Gasteiger partial charge >= 0.3 is 0 Å². The van der Waals surface area contributed by atoms with Gasteiger partial charge in [-0.15, -0.1) is 23.1 Å². The topological polar surface area (TPSA) is 50.8 Å². The molecule has 0 saturated heterocycles. The zero-order chi connectivity index (χ0) is 20.9. The lowest BCUT2D eigenvalue weighted by atomic mass is 10.3. The van der Waals surface area contributed by atoms with E-state index < -0.39 is 0 Å². The van der Waals surface area contributed by atoms with Gasteiger partial charge in [0.2, 0.25) is 5.91 Å². The summed E-state index contributed by atoms with van der Waals surface area (Å²) in [7, 11) is 1.63.